The molecule has 0 radical (unpaired) electrons. The predicted molar refractivity (Wildman–Crippen MR) is 279 cm³/mol. The summed E-state index contributed by atoms with van der Waals surface area (Å²) in [6.45, 7) is 10.8. The third kappa shape index (κ3) is 18.4. The minimum atomic E-state index is -2.09. The van der Waals surface area contributed by atoms with E-state index in [0.717, 1.165) is 31.7 Å². The maximum absolute atomic E-state index is 13.9. The van der Waals surface area contributed by atoms with Gasteiger partial charge in [-0.15, -0.1) is 0 Å². The van der Waals surface area contributed by atoms with Crippen LogP contribution in [0.4, 0.5) is 4.79 Å². The van der Waals surface area contributed by atoms with Crippen molar-refractivity contribution in [3.8, 4) is 17.2 Å². The van der Waals surface area contributed by atoms with Gasteiger partial charge in [0.2, 0.25) is 5.91 Å². The largest absolute Gasteiger partial charge is 0.508 e. The Morgan fingerprint density at radius 1 is 0.613 bits per heavy atom. The van der Waals surface area contributed by atoms with E-state index < -0.39 is 59.6 Å². The SMILES string of the molecule is CC(C)C[C@H](NC(=O)OCc1ccccc1)C(=O)N[C@@H](Cc1ccc(O)cc1)C(=O)O.O=C(O)C(C(=O)C(C(=O)O)c1c(Cl)ccc(OCCN2CCOCC2)c1Cl)c1c(Cl)ccc(OCCN2CCOCC2)c1Cl. The van der Waals surface area contributed by atoms with Crippen molar-refractivity contribution in [2.24, 2.45) is 5.92 Å². The van der Waals surface area contributed by atoms with Crippen LogP contribution < -0.4 is 20.1 Å². The molecular formula is C52H60Cl4N4O15. The van der Waals surface area contributed by atoms with Gasteiger partial charge in [-0.1, -0.05) is 103 Å². The number of halogens is 4. The Morgan fingerprint density at radius 3 is 1.53 bits per heavy atom. The Bertz CT molecular complexity index is 2470. The molecular weight excluding hydrogens is 1060 g/mol. The number of carbonyl (C=O) groups is 6. The van der Waals surface area contributed by atoms with Crippen LogP contribution in [0.25, 0.3) is 0 Å². The number of phenols is 1. The van der Waals surface area contributed by atoms with Gasteiger partial charge in [-0.3, -0.25) is 29.0 Å². The number of nitrogens with zero attached hydrogens (tertiary/aromatic N) is 2. The number of carboxylic acids is 3. The summed E-state index contributed by atoms with van der Waals surface area (Å²) >= 11 is 25.9. The highest BCUT2D eigenvalue weighted by atomic mass is 35.5. The number of Topliss-reactive ketones (excluding diaryl/α,β-unsaturated/α-hetero) is 1. The second kappa shape index (κ2) is 30.0. The molecule has 0 bridgehead atoms. The zero-order valence-electron chi connectivity index (χ0n) is 41.2. The van der Waals surface area contributed by atoms with Gasteiger partial charge >= 0.3 is 24.0 Å². The van der Waals surface area contributed by atoms with E-state index in [-0.39, 0.29) is 80.6 Å². The molecule has 0 saturated carbocycles. The highest BCUT2D eigenvalue weighted by Crippen LogP contribution is 2.44. The molecule has 2 heterocycles. The van der Waals surface area contributed by atoms with Gasteiger partial charge in [-0.25, -0.2) is 9.59 Å². The number of amides is 2. The minimum Gasteiger partial charge on any atom is -0.508 e. The number of aliphatic carboxylic acids is 3. The summed E-state index contributed by atoms with van der Waals surface area (Å²) in [4.78, 5) is 79.9. The number of carbonyl (C=O) groups excluding carboxylic acids is 3. The lowest BCUT2D eigenvalue weighted by Gasteiger charge is -2.27. The van der Waals surface area contributed by atoms with Crippen molar-refractivity contribution in [2.75, 3.05) is 78.9 Å². The molecule has 0 aromatic heterocycles. The summed E-state index contributed by atoms with van der Waals surface area (Å²) in [5.74, 6) is -10.2. The molecule has 0 aliphatic carbocycles. The normalized spacial score (nSPS) is 15.5. The van der Waals surface area contributed by atoms with E-state index in [1.54, 1.807) is 12.1 Å². The zero-order chi connectivity index (χ0) is 54.6. The molecule has 4 aromatic carbocycles. The van der Waals surface area contributed by atoms with Crippen LogP contribution in [0.3, 0.4) is 0 Å². The topological polar surface area (TPSA) is 260 Å². The van der Waals surface area contributed by atoms with E-state index >= 15 is 0 Å². The standard InChI is InChI=1S/C29H32Cl4N2O9.C23H28N2O6/c30-17-1-3-19(43-15-9-34-5-11-41-12-6-34)25(32)21(17)23(28(37)38)27(36)24(29(39)40)22-18(31)2-4-20(26(22)33)44-16-10-35-7-13-42-14-8-35;1-15(2)12-19(25-23(30)31-14-17-6-4-3-5-7-17)21(27)24-20(22(28)29)13-16-8-10-18(26)11-9-16/h1-4,23-24H,5-16H2,(H,37,38)(H,39,40);3-11,15,19-20,26H,12-14H2,1-2H3,(H,24,27)(H,25,30)(H,28,29)/t;19-,20-/m.0/s1. The van der Waals surface area contributed by atoms with Crippen molar-refractivity contribution in [1.29, 1.82) is 0 Å². The van der Waals surface area contributed by atoms with Gasteiger partial charge in [0, 0.05) is 66.9 Å². The Hall–Kier alpha value is -5.90. The monoisotopic (exact) mass is 1120 g/mol. The maximum atomic E-state index is 13.9. The lowest BCUT2D eigenvalue weighted by Crippen LogP contribution is -2.52. The van der Waals surface area contributed by atoms with Crippen molar-refractivity contribution in [1.82, 2.24) is 20.4 Å². The molecule has 2 saturated heterocycles. The lowest BCUT2D eigenvalue weighted by atomic mass is 9.83. The summed E-state index contributed by atoms with van der Waals surface area (Å²) in [6, 6.07) is 18.7. The van der Waals surface area contributed by atoms with E-state index in [1.807, 2.05) is 44.2 Å². The molecule has 6 rings (SSSR count). The molecule has 19 nitrogen and oxygen atoms in total. The molecule has 2 aliphatic heterocycles. The van der Waals surface area contributed by atoms with Gasteiger partial charge in [0.15, 0.2) is 5.78 Å². The van der Waals surface area contributed by atoms with Crippen LogP contribution in [0.2, 0.25) is 20.1 Å². The molecule has 23 heteroatoms. The summed E-state index contributed by atoms with van der Waals surface area (Å²) in [7, 11) is 0. The Kier molecular flexibility index (Phi) is 24.0. The molecule has 4 atom stereocenters. The summed E-state index contributed by atoms with van der Waals surface area (Å²) < 4.78 is 27.5. The number of nitrogens with one attached hydrogen (secondary N) is 2. The van der Waals surface area contributed by atoms with Crippen LogP contribution in [0, 0.1) is 5.92 Å². The molecule has 0 spiro atoms. The molecule has 2 unspecified atom stereocenters. The number of hydrogen-bond acceptors (Lipinski definition) is 14. The number of morpholine rings is 2. The van der Waals surface area contributed by atoms with Gasteiger partial charge in [0.1, 0.15) is 61.0 Å². The average Bonchev–Trinajstić information content (AvgIpc) is 3.38. The maximum Gasteiger partial charge on any atom is 0.408 e. The molecule has 2 amide bonds. The second-order valence-electron chi connectivity index (χ2n) is 17.8. The van der Waals surface area contributed by atoms with Gasteiger partial charge in [-0.2, -0.15) is 0 Å². The smallest absolute Gasteiger partial charge is 0.408 e. The van der Waals surface area contributed by atoms with E-state index in [2.05, 4.69) is 20.4 Å². The number of aromatic hydroxyl groups is 1. The molecule has 75 heavy (non-hydrogen) atoms. The van der Waals surface area contributed by atoms with Crippen molar-refractivity contribution < 1.29 is 72.9 Å². The first-order chi connectivity index (χ1) is 35.8. The Morgan fingerprint density at radius 2 is 1.09 bits per heavy atom. The fourth-order valence-corrected chi connectivity index (χ4v) is 9.25. The first-order valence-corrected chi connectivity index (χ1v) is 25.4. The highest BCUT2D eigenvalue weighted by Gasteiger charge is 2.43. The van der Waals surface area contributed by atoms with Gasteiger partial charge in [0.25, 0.3) is 0 Å². The van der Waals surface area contributed by atoms with Crippen molar-refractivity contribution in [2.45, 2.75) is 57.2 Å². The molecule has 6 N–H and O–H groups in total. The number of carboxylic acid groups (broad SMARTS) is 3. The Labute approximate surface area is 453 Å². The van der Waals surface area contributed by atoms with E-state index in [9.17, 15) is 49.2 Å². The first-order valence-electron chi connectivity index (χ1n) is 23.9. The van der Waals surface area contributed by atoms with Crippen LogP contribution in [0.1, 0.15) is 54.4 Å². The van der Waals surface area contributed by atoms with Crippen LogP contribution in [0.15, 0.2) is 78.9 Å². The lowest BCUT2D eigenvalue weighted by molar-refractivity contribution is -0.147. The number of ether oxygens (including phenoxy) is 5. The minimum absolute atomic E-state index is 0.0359. The molecule has 2 aliphatic rings. The van der Waals surface area contributed by atoms with Crippen LogP contribution >= 0.6 is 46.4 Å². The third-order valence-electron chi connectivity index (χ3n) is 11.9. The number of alkyl carbamates (subject to hydrolysis) is 1. The number of hydrogen-bond donors (Lipinski definition) is 6. The van der Waals surface area contributed by atoms with Gasteiger partial charge < -0.3 is 54.7 Å². The predicted octanol–water partition coefficient (Wildman–Crippen LogP) is 7.17. The number of phenolic OH excluding ortho intramolecular Hbond substituents is 1. The fraction of sp³-hybridized carbons (Fsp3) is 0.423. The quantitative estimate of drug-likeness (QED) is 0.0380. The van der Waals surface area contributed by atoms with Crippen LogP contribution in [0.5, 0.6) is 17.2 Å². The molecule has 2 fully saturated rings. The van der Waals surface area contributed by atoms with Crippen molar-refractivity contribution >= 4 is 82.1 Å². The number of benzene rings is 4. The zero-order valence-corrected chi connectivity index (χ0v) is 44.2. The summed E-state index contributed by atoms with van der Waals surface area (Å²) in [5, 5.41) is 43.6. The fourth-order valence-electron chi connectivity index (χ4n) is 7.96. The second-order valence-corrected chi connectivity index (χ2v) is 19.3. The summed E-state index contributed by atoms with van der Waals surface area (Å²) in [6.07, 6.45) is -0.401. The van der Waals surface area contributed by atoms with E-state index in [0.29, 0.717) is 51.5 Å². The van der Waals surface area contributed by atoms with Gasteiger partial charge in [0.05, 0.1) is 36.5 Å². The molecule has 4 aromatic rings. The Balaban J connectivity index is 0.000000295. The summed E-state index contributed by atoms with van der Waals surface area (Å²) in [5.41, 5.74) is 0.848. The van der Waals surface area contributed by atoms with Crippen LogP contribution in [-0.4, -0.2) is 157 Å². The third-order valence-corrected chi connectivity index (χ3v) is 13.3. The van der Waals surface area contributed by atoms with Crippen LogP contribution in [-0.2, 0) is 51.2 Å². The van der Waals surface area contributed by atoms with E-state index in [4.69, 9.17) is 70.1 Å². The number of ketones is 1. The molecule has 406 valence electrons. The van der Waals surface area contributed by atoms with Crippen molar-refractivity contribution in [3.05, 3.63) is 121 Å². The number of rotatable bonds is 24. The van der Waals surface area contributed by atoms with Crippen molar-refractivity contribution in [3.63, 3.8) is 0 Å². The average molecular weight is 1120 g/mol. The highest BCUT2D eigenvalue weighted by molar-refractivity contribution is 6.40. The van der Waals surface area contributed by atoms with E-state index in [1.165, 1.54) is 36.4 Å². The first kappa shape index (κ1) is 60.0. The van der Waals surface area contributed by atoms with Gasteiger partial charge in [-0.05, 0) is 59.9 Å².